The average molecular weight is 300 g/mol. The molecular formula is C16H20N4O2. The molecule has 6 heteroatoms. The van der Waals surface area contributed by atoms with Gasteiger partial charge in [0.1, 0.15) is 11.6 Å². The fourth-order valence-corrected chi connectivity index (χ4v) is 2.35. The van der Waals surface area contributed by atoms with Gasteiger partial charge in [-0.1, -0.05) is 19.1 Å². The second-order valence-electron chi connectivity index (χ2n) is 5.14. The number of hydrogen-bond donors (Lipinski definition) is 2. The van der Waals surface area contributed by atoms with Gasteiger partial charge in [0.25, 0.3) is 0 Å². The van der Waals surface area contributed by atoms with Gasteiger partial charge in [-0.05, 0) is 18.6 Å². The maximum atomic E-state index is 9.88. The van der Waals surface area contributed by atoms with Crippen LogP contribution in [-0.4, -0.2) is 41.4 Å². The van der Waals surface area contributed by atoms with E-state index < -0.39 is 0 Å². The van der Waals surface area contributed by atoms with Gasteiger partial charge in [0.15, 0.2) is 0 Å². The molecule has 2 N–H and O–H groups in total. The highest BCUT2D eigenvalue weighted by molar-refractivity contribution is 5.64. The Morgan fingerprint density at radius 1 is 1.23 bits per heavy atom. The number of aromatic nitrogens is 2. The van der Waals surface area contributed by atoms with Gasteiger partial charge in [0.05, 0.1) is 18.9 Å². The number of morpholine rings is 1. The Balaban J connectivity index is 1.88. The smallest absolute Gasteiger partial charge is 0.227 e. The van der Waals surface area contributed by atoms with Gasteiger partial charge in [0.2, 0.25) is 5.95 Å². The van der Waals surface area contributed by atoms with Gasteiger partial charge < -0.3 is 20.1 Å². The minimum Gasteiger partial charge on any atom is -0.506 e. The van der Waals surface area contributed by atoms with Crippen molar-refractivity contribution >= 4 is 17.5 Å². The van der Waals surface area contributed by atoms with Crippen LogP contribution in [0.5, 0.6) is 5.75 Å². The molecule has 1 saturated heterocycles. The van der Waals surface area contributed by atoms with E-state index in [0.29, 0.717) is 30.7 Å². The third kappa shape index (κ3) is 3.28. The summed E-state index contributed by atoms with van der Waals surface area (Å²) in [6, 6.07) is 9.03. The molecule has 1 aromatic heterocycles. The lowest BCUT2D eigenvalue weighted by molar-refractivity contribution is 0.122. The minimum absolute atomic E-state index is 0.201. The lowest BCUT2D eigenvalue weighted by Gasteiger charge is -2.27. The minimum atomic E-state index is 0.201. The Hall–Kier alpha value is -2.34. The second-order valence-corrected chi connectivity index (χ2v) is 5.14. The third-order valence-electron chi connectivity index (χ3n) is 3.59. The Morgan fingerprint density at radius 3 is 2.73 bits per heavy atom. The van der Waals surface area contributed by atoms with Gasteiger partial charge >= 0.3 is 0 Å². The van der Waals surface area contributed by atoms with Gasteiger partial charge in [-0.2, -0.15) is 4.98 Å². The van der Waals surface area contributed by atoms with E-state index >= 15 is 0 Å². The Labute approximate surface area is 129 Å². The molecule has 22 heavy (non-hydrogen) atoms. The van der Waals surface area contributed by atoms with Gasteiger partial charge in [-0.25, -0.2) is 4.98 Å². The standard InChI is InChI=1S/C16H20N4O2/c1-2-12-11-15(18-13-5-3-4-6-14(13)21)19-16(17-12)20-7-9-22-10-8-20/h3-6,11,21H,2,7-10H2,1H3,(H,17,18,19). The maximum absolute atomic E-state index is 9.88. The number of phenols is 1. The number of ether oxygens (including phenoxy) is 1. The van der Waals surface area contributed by atoms with E-state index in [4.69, 9.17) is 4.74 Å². The number of phenolic OH excluding ortho intramolecular Hbond substituents is 1. The van der Waals surface area contributed by atoms with Crippen molar-refractivity contribution in [3.63, 3.8) is 0 Å². The first-order valence-corrected chi connectivity index (χ1v) is 7.52. The van der Waals surface area contributed by atoms with Crippen LogP contribution < -0.4 is 10.2 Å². The Bertz CT molecular complexity index is 642. The first-order valence-electron chi connectivity index (χ1n) is 7.52. The number of benzene rings is 1. The zero-order chi connectivity index (χ0) is 15.4. The third-order valence-corrected chi connectivity index (χ3v) is 3.59. The predicted octanol–water partition coefficient (Wildman–Crippen LogP) is 2.32. The van der Waals surface area contributed by atoms with Crippen molar-refractivity contribution in [3.8, 4) is 5.75 Å². The molecule has 116 valence electrons. The van der Waals surface area contributed by atoms with E-state index in [-0.39, 0.29) is 5.75 Å². The van der Waals surface area contributed by atoms with E-state index in [1.54, 1.807) is 12.1 Å². The SMILES string of the molecule is CCc1cc(Nc2ccccc2O)nc(N2CCOCC2)n1. The molecular weight excluding hydrogens is 280 g/mol. The molecule has 0 unspecified atom stereocenters. The summed E-state index contributed by atoms with van der Waals surface area (Å²) < 4.78 is 5.37. The van der Waals surface area contributed by atoms with Crippen LogP contribution in [0.1, 0.15) is 12.6 Å². The largest absolute Gasteiger partial charge is 0.506 e. The molecule has 6 nitrogen and oxygen atoms in total. The fraction of sp³-hybridized carbons (Fsp3) is 0.375. The summed E-state index contributed by atoms with van der Waals surface area (Å²) in [5.41, 5.74) is 1.60. The molecule has 2 heterocycles. The Kier molecular flexibility index (Phi) is 4.39. The highest BCUT2D eigenvalue weighted by Crippen LogP contribution is 2.26. The zero-order valence-electron chi connectivity index (χ0n) is 12.6. The van der Waals surface area contributed by atoms with E-state index in [2.05, 4.69) is 27.1 Å². The number of rotatable bonds is 4. The summed E-state index contributed by atoms with van der Waals surface area (Å²) in [6.07, 6.45) is 0.829. The van der Waals surface area contributed by atoms with Crippen molar-refractivity contribution < 1.29 is 9.84 Å². The molecule has 0 spiro atoms. The van der Waals surface area contributed by atoms with E-state index in [1.807, 2.05) is 18.2 Å². The molecule has 1 aliphatic rings. The number of nitrogens with zero attached hydrogens (tertiary/aromatic N) is 3. The van der Waals surface area contributed by atoms with Crippen LogP contribution in [0.2, 0.25) is 0 Å². The molecule has 1 aliphatic heterocycles. The molecule has 0 amide bonds. The van der Waals surface area contributed by atoms with Crippen LogP contribution in [0, 0.1) is 0 Å². The summed E-state index contributed by atoms with van der Waals surface area (Å²) in [5, 5.41) is 13.1. The Morgan fingerprint density at radius 2 is 2.00 bits per heavy atom. The van der Waals surface area contributed by atoms with E-state index in [1.165, 1.54) is 0 Å². The first-order chi connectivity index (χ1) is 10.8. The van der Waals surface area contributed by atoms with Crippen LogP contribution in [0.15, 0.2) is 30.3 Å². The molecule has 3 rings (SSSR count). The number of aryl methyl sites for hydroxylation is 1. The average Bonchev–Trinajstić information content (AvgIpc) is 2.57. The van der Waals surface area contributed by atoms with Crippen molar-refractivity contribution in [2.75, 3.05) is 36.5 Å². The molecule has 2 aromatic rings. The van der Waals surface area contributed by atoms with Gasteiger partial charge in [0, 0.05) is 24.8 Å². The molecule has 0 radical (unpaired) electrons. The highest BCUT2D eigenvalue weighted by atomic mass is 16.5. The predicted molar refractivity (Wildman–Crippen MR) is 85.8 cm³/mol. The first kappa shape index (κ1) is 14.6. The number of nitrogens with one attached hydrogen (secondary N) is 1. The molecule has 0 atom stereocenters. The lowest BCUT2D eigenvalue weighted by Crippen LogP contribution is -2.37. The molecule has 0 saturated carbocycles. The normalized spacial score (nSPS) is 14.9. The maximum Gasteiger partial charge on any atom is 0.227 e. The van der Waals surface area contributed by atoms with Crippen molar-refractivity contribution in [1.29, 1.82) is 0 Å². The number of hydrogen-bond acceptors (Lipinski definition) is 6. The summed E-state index contributed by atoms with van der Waals surface area (Å²) >= 11 is 0. The quantitative estimate of drug-likeness (QED) is 0.845. The molecule has 0 bridgehead atoms. The topological polar surface area (TPSA) is 70.5 Å². The zero-order valence-corrected chi connectivity index (χ0v) is 12.6. The fourth-order valence-electron chi connectivity index (χ4n) is 2.35. The summed E-state index contributed by atoms with van der Waals surface area (Å²) in [4.78, 5) is 11.3. The van der Waals surface area contributed by atoms with Crippen molar-refractivity contribution in [2.24, 2.45) is 0 Å². The second kappa shape index (κ2) is 6.62. The monoisotopic (exact) mass is 300 g/mol. The summed E-state index contributed by atoms with van der Waals surface area (Å²) in [5.74, 6) is 1.60. The number of anilines is 3. The van der Waals surface area contributed by atoms with Crippen molar-refractivity contribution in [2.45, 2.75) is 13.3 Å². The van der Waals surface area contributed by atoms with Crippen molar-refractivity contribution in [1.82, 2.24) is 9.97 Å². The van der Waals surface area contributed by atoms with Crippen LogP contribution in [0.3, 0.4) is 0 Å². The molecule has 0 aliphatic carbocycles. The lowest BCUT2D eigenvalue weighted by atomic mass is 10.2. The van der Waals surface area contributed by atoms with Crippen LogP contribution in [-0.2, 0) is 11.2 Å². The van der Waals surface area contributed by atoms with E-state index in [9.17, 15) is 5.11 Å². The van der Waals surface area contributed by atoms with Gasteiger partial charge in [-0.15, -0.1) is 0 Å². The number of para-hydroxylation sites is 2. The van der Waals surface area contributed by atoms with Crippen LogP contribution in [0.4, 0.5) is 17.5 Å². The van der Waals surface area contributed by atoms with E-state index in [0.717, 1.165) is 25.2 Å². The summed E-state index contributed by atoms with van der Waals surface area (Å²) in [6.45, 7) is 5.05. The van der Waals surface area contributed by atoms with Crippen molar-refractivity contribution in [3.05, 3.63) is 36.0 Å². The van der Waals surface area contributed by atoms with Crippen LogP contribution in [0.25, 0.3) is 0 Å². The molecule has 1 aromatic carbocycles. The molecule has 1 fully saturated rings. The van der Waals surface area contributed by atoms with Gasteiger partial charge in [-0.3, -0.25) is 0 Å². The summed E-state index contributed by atoms with van der Waals surface area (Å²) in [7, 11) is 0. The highest BCUT2D eigenvalue weighted by Gasteiger charge is 2.15. The van der Waals surface area contributed by atoms with Crippen LogP contribution >= 0.6 is 0 Å². The number of aromatic hydroxyl groups is 1.